The van der Waals surface area contributed by atoms with Crippen molar-refractivity contribution in [3.05, 3.63) is 72.9 Å². The summed E-state index contributed by atoms with van der Waals surface area (Å²) in [5.41, 5.74) is 0. The third-order valence-electron chi connectivity index (χ3n) is 12.7. The highest BCUT2D eigenvalue weighted by atomic mass is 16.6. The molecule has 68 heavy (non-hydrogen) atoms. The van der Waals surface area contributed by atoms with Crippen LogP contribution >= 0.6 is 0 Å². The molecule has 0 saturated carbocycles. The SMILES string of the molecule is CC/C=C\C/C=C\C/C=C\C/C=C\C/C=C\CCCCCC(=O)OCC(COCCCCCCCCCCCCCCCCCCCCCC)OC(=O)CCCCCCC/C=C\CCCCCC. The zero-order valence-electron chi connectivity index (χ0n) is 45.4. The minimum atomic E-state index is -0.555. The maximum Gasteiger partial charge on any atom is 0.306 e. The zero-order chi connectivity index (χ0) is 49.2. The van der Waals surface area contributed by atoms with Crippen molar-refractivity contribution in [2.75, 3.05) is 19.8 Å². The smallest absolute Gasteiger partial charge is 0.306 e. The van der Waals surface area contributed by atoms with Gasteiger partial charge in [-0.2, -0.15) is 0 Å². The zero-order valence-corrected chi connectivity index (χ0v) is 45.4. The minimum absolute atomic E-state index is 0.0655. The lowest BCUT2D eigenvalue weighted by Gasteiger charge is -2.18. The summed E-state index contributed by atoms with van der Waals surface area (Å²) in [6.07, 6.45) is 76.4. The van der Waals surface area contributed by atoms with E-state index in [4.69, 9.17) is 14.2 Å². The molecular weight excluding hydrogens is 837 g/mol. The molecule has 0 fully saturated rings. The number of carbonyl (C=O) groups excluding carboxylic acids is 2. The molecule has 0 aliphatic rings. The normalized spacial score (nSPS) is 12.7. The van der Waals surface area contributed by atoms with Gasteiger partial charge in [0.15, 0.2) is 6.10 Å². The predicted molar refractivity (Wildman–Crippen MR) is 297 cm³/mol. The molecule has 0 aromatic heterocycles. The van der Waals surface area contributed by atoms with Crippen LogP contribution in [0.1, 0.15) is 290 Å². The van der Waals surface area contributed by atoms with E-state index in [2.05, 4.69) is 93.7 Å². The Kier molecular flexibility index (Phi) is 56.4. The molecule has 0 radical (unpaired) electrons. The summed E-state index contributed by atoms with van der Waals surface area (Å²) in [4.78, 5) is 25.5. The first kappa shape index (κ1) is 65.3. The van der Waals surface area contributed by atoms with Crippen LogP contribution in [-0.2, 0) is 23.8 Å². The van der Waals surface area contributed by atoms with Crippen LogP contribution in [0.2, 0.25) is 0 Å². The third kappa shape index (κ3) is 55.9. The number of esters is 2. The van der Waals surface area contributed by atoms with Crippen LogP contribution in [-0.4, -0.2) is 37.9 Å². The van der Waals surface area contributed by atoms with Crippen LogP contribution in [0.15, 0.2) is 72.9 Å². The molecule has 0 amide bonds. The number of hydrogen-bond donors (Lipinski definition) is 0. The second-order valence-electron chi connectivity index (χ2n) is 19.5. The van der Waals surface area contributed by atoms with Crippen molar-refractivity contribution in [3.63, 3.8) is 0 Å². The van der Waals surface area contributed by atoms with Gasteiger partial charge < -0.3 is 14.2 Å². The van der Waals surface area contributed by atoms with Crippen LogP contribution in [0.4, 0.5) is 0 Å². The topological polar surface area (TPSA) is 61.8 Å². The molecule has 1 unspecified atom stereocenters. The van der Waals surface area contributed by atoms with Gasteiger partial charge in [0.2, 0.25) is 0 Å². The van der Waals surface area contributed by atoms with Crippen molar-refractivity contribution in [2.45, 2.75) is 297 Å². The molecule has 0 saturated heterocycles. The second-order valence-corrected chi connectivity index (χ2v) is 19.5. The largest absolute Gasteiger partial charge is 0.462 e. The molecule has 0 aromatic carbocycles. The van der Waals surface area contributed by atoms with E-state index in [1.807, 2.05) is 0 Å². The summed E-state index contributed by atoms with van der Waals surface area (Å²) in [7, 11) is 0. The molecule has 0 bridgehead atoms. The molecule has 1 atom stereocenters. The second kappa shape index (κ2) is 58.7. The van der Waals surface area contributed by atoms with Gasteiger partial charge in [0.25, 0.3) is 0 Å². The summed E-state index contributed by atoms with van der Waals surface area (Å²) in [6, 6.07) is 0. The van der Waals surface area contributed by atoms with E-state index in [1.54, 1.807) is 0 Å². The molecule has 0 aliphatic carbocycles. The van der Waals surface area contributed by atoms with Gasteiger partial charge >= 0.3 is 11.9 Å². The highest BCUT2D eigenvalue weighted by molar-refractivity contribution is 5.70. The molecule has 0 rings (SSSR count). The Morgan fingerprint density at radius 3 is 1.10 bits per heavy atom. The number of ether oxygens (including phenoxy) is 3. The Bertz CT molecular complexity index is 1210. The van der Waals surface area contributed by atoms with E-state index in [0.29, 0.717) is 19.4 Å². The maximum atomic E-state index is 12.8. The van der Waals surface area contributed by atoms with E-state index < -0.39 is 6.10 Å². The summed E-state index contributed by atoms with van der Waals surface area (Å²) in [5.74, 6) is -0.434. The van der Waals surface area contributed by atoms with Crippen LogP contribution in [0.3, 0.4) is 0 Å². The monoisotopic (exact) mass is 949 g/mol. The Labute approximate surface area is 423 Å². The van der Waals surface area contributed by atoms with Crippen molar-refractivity contribution in [1.82, 2.24) is 0 Å². The standard InChI is InChI=1S/C63H112O5/c1-4-7-10-13-16-19-22-25-27-29-31-33-35-37-40-43-46-49-52-55-58-66-59-61(68-63(65)57-54-51-48-45-42-38-24-21-18-15-12-9-6-3)60-67-62(64)56-53-50-47-44-41-39-36-34-32-30-28-26-23-20-17-14-11-8-5-2/h8,11,17,20-21,24,26,28,32,34,39,41,61H,4-7,9-10,12-16,18-19,22-23,25,27,29-31,33,35-38,40,42-60H2,1-3H3/b11-8-,20-17-,24-21-,28-26-,34-32-,41-39-. The first-order valence-electron chi connectivity index (χ1n) is 29.5. The summed E-state index contributed by atoms with van der Waals surface area (Å²) < 4.78 is 17.5. The summed E-state index contributed by atoms with van der Waals surface area (Å²) in [5, 5.41) is 0. The minimum Gasteiger partial charge on any atom is -0.462 e. The van der Waals surface area contributed by atoms with Gasteiger partial charge in [-0.3, -0.25) is 9.59 Å². The van der Waals surface area contributed by atoms with Crippen molar-refractivity contribution in [3.8, 4) is 0 Å². The van der Waals surface area contributed by atoms with Crippen LogP contribution < -0.4 is 0 Å². The van der Waals surface area contributed by atoms with Crippen molar-refractivity contribution >= 4 is 11.9 Å². The van der Waals surface area contributed by atoms with Gasteiger partial charge in [0.05, 0.1) is 6.61 Å². The van der Waals surface area contributed by atoms with Gasteiger partial charge in [-0.15, -0.1) is 0 Å². The quantitative estimate of drug-likeness (QED) is 0.0345. The summed E-state index contributed by atoms with van der Waals surface area (Å²) >= 11 is 0. The Hall–Kier alpha value is -2.66. The predicted octanol–water partition coefficient (Wildman–Crippen LogP) is 20.2. The molecule has 0 N–H and O–H groups in total. The van der Waals surface area contributed by atoms with Crippen LogP contribution in [0.25, 0.3) is 0 Å². The number of allylic oxidation sites excluding steroid dienone is 12. The van der Waals surface area contributed by atoms with Crippen molar-refractivity contribution in [1.29, 1.82) is 0 Å². The van der Waals surface area contributed by atoms with Gasteiger partial charge in [0, 0.05) is 19.4 Å². The highest BCUT2D eigenvalue weighted by Gasteiger charge is 2.17. The van der Waals surface area contributed by atoms with E-state index in [0.717, 1.165) is 96.3 Å². The first-order valence-corrected chi connectivity index (χ1v) is 29.5. The molecule has 0 aromatic rings. The molecule has 394 valence electrons. The Morgan fingerprint density at radius 2 is 0.662 bits per heavy atom. The lowest BCUT2D eigenvalue weighted by molar-refractivity contribution is -0.163. The van der Waals surface area contributed by atoms with Gasteiger partial charge in [0.1, 0.15) is 6.61 Å². The molecule has 0 aliphatic heterocycles. The number of unbranched alkanes of at least 4 members (excludes halogenated alkanes) is 31. The fourth-order valence-corrected chi connectivity index (χ4v) is 8.36. The van der Waals surface area contributed by atoms with Crippen LogP contribution in [0.5, 0.6) is 0 Å². The molecular formula is C63H112O5. The van der Waals surface area contributed by atoms with E-state index in [1.165, 1.54) is 161 Å². The van der Waals surface area contributed by atoms with Gasteiger partial charge in [-0.1, -0.05) is 261 Å². The van der Waals surface area contributed by atoms with E-state index in [-0.39, 0.29) is 25.2 Å². The maximum absolute atomic E-state index is 12.8. The lowest BCUT2D eigenvalue weighted by atomic mass is 10.0. The van der Waals surface area contributed by atoms with Crippen molar-refractivity contribution < 1.29 is 23.8 Å². The average molecular weight is 950 g/mol. The van der Waals surface area contributed by atoms with Crippen molar-refractivity contribution in [2.24, 2.45) is 0 Å². The Balaban J connectivity index is 4.28. The molecule has 5 heteroatoms. The molecule has 0 spiro atoms. The fourth-order valence-electron chi connectivity index (χ4n) is 8.36. The van der Waals surface area contributed by atoms with Gasteiger partial charge in [-0.05, 0) is 89.9 Å². The highest BCUT2D eigenvalue weighted by Crippen LogP contribution is 2.16. The Morgan fingerprint density at radius 1 is 0.338 bits per heavy atom. The summed E-state index contributed by atoms with van der Waals surface area (Å²) in [6.45, 7) is 7.70. The third-order valence-corrected chi connectivity index (χ3v) is 12.7. The lowest BCUT2D eigenvalue weighted by Crippen LogP contribution is -2.30. The first-order chi connectivity index (χ1) is 33.6. The fraction of sp³-hybridized carbons (Fsp3) is 0.778. The molecule has 0 heterocycles. The van der Waals surface area contributed by atoms with E-state index >= 15 is 0 Å². The van der Waals surface area contributed by atoms with Gasteiger partial charge in [-0.25, -0.2) is 0 Å². The number of carbonyl (C=O) groups is 2. The molecule has 5 nitrogen and oxygen atoms in total. The average Bonchev–Trinajstić information content (AvgIpc) is 3.34. The number of rotatable bonds is 54. The van der Waals surface area contributed by atoms with Crippen LogP contribution in [0, 0.1) is 0 Å². The van der Waals surface area contributed by atoms with E-state index in [9.17, 15) is 9.59 Å². The number of hydrogen-bond acceptors (Lipinski definition) is 5.